The van der Waals surface area contributed by atoms with E-state index >= 15 is 0 Å². The number of carbonyl (C=O) groups is 1. The molecule has 1 heterocycles. The van der Waals surface area contributed by atoms with Gasteiger partial charge in [-0.3, -0.25) is 0 Å². The van der Waals surface area contributed by atoms with Crippen molar-refractivity contribution in [2.75, 3.05) is 25.1 Å². The van der Waals surface area contributed by atoms with Crippen LogP contribution in [0.5, 0.6) is 0 Å². The molecule has 0 atom stereocenters. The zero-order valence-corrected chi connectivity index (χ0v) is 11.8. The number of aromatic nitrogens is 1. The van der Waals surface area contributed by atoms with Crippen LogP contribution in [0.4, 0.5) is 5.82 Å². The minimum absolute atomic E-state index is 0.235. The van der Waals surface area contributed by atoms with Crippen LogP contribution < -0.4 is 5.32 Å². The number of anilines is 1. The van der Waals surface area contributed by atoms with Crippen molar-refractivity contribution < 1.29 is 14.6 Å². The van der Waals surface area contributed by atoms with Gasteiger partial charge < -0.3 is 15.2 Å². The molecule has 2 N–H and O–H groups in total. The van der Waals surface area contributed by atoms with Crippen LogP contribution in [-0.2, 0) is 4.74 Å². The fraction of sp³-hybridized carbons (Fsp3) is 0.571. The molecule has 0 aliphatic carbocycles. The predicted molar refractivity (Wildman–Crippen MR) is 74.7 cm³/mol. The second kappa shape index (κ2) is 7.74. The Morgan fingerprint density at radius 1 is 1.42 bits per heavy atom. The molecule has 0 radical (unpaired) electrons. The molecule has 106 valence electrons. The van der Waals surface area contributed by atoms with E-state index in [4.69, 9.17) is 9.84 Å². The number of ether oxygens (including phenoxy) is 1. The van der Waals surface area contributed by atoms with Crippen LogP contribution in [0.1, 0.15) is 36.3 Å². The smallest absolute Gasteiger partial charge is 0.337 e. The molecule has 19 heavy (non-hydrogen) atoms. The molecule has 0 fully saturated rings. The van der Waals surface area contributed by atoms with Crippen LogP contribution in [0.2, 0.25) is 0 Å². The summed E-state index contributed by atoms with van der Waals surface area (Å²) >= 11 is 0. The van der Waals surface area contributed by atoms with Gasteiger partial charge in [0.15, 0.2) is 0 Å². The molecule has 1 rings (SSSR count). The average Bonchev–Trinajstić information content (AvgIpc) is 2.32. The average molecular weight is 266 g/mol. The number of aromatic carboxylic acids is 1. The summed E-state index contributed by atoms with van der Waals surface area (Å²) in [5.74, 6) is 0.379. The molecular formula is C14H22N2O3. The number of pyridine rings is 1. The van der Waals surface area contributed by atoms with Crippen molar-refractivity contribution in [1.29, 1.82) is 0 Å². The van der Waals surface area contributed by atoms with Crippen LogP contribution in [-0.4, -0.2) is 35.8 Å². The van der Waals surface area contributed by atoms with E-state index in [9.17, 15) is 4.79 Å². The maximum Gasteiger partial charge on any atom is 0.337 e. The van der Waals surface area contributed by atoms with Crippen molar-refractivity contribution in [1.82, 2.24) is 4.98 Å². The minimum atomic E-state index is -0.950. The Balaban J connectivity index is 2.30. The summed E-state index contributed by atoms with van der Waals surface area (Å²) in [4.78, 5) is 15.0. The van der Waals surface area contributed by atoms with E-state index < -0.39 is 5.97 Å². The molecule has 0 aliphatic heterocycles. The first-order chi connectivity index (χ1) is 9.00. The Hall–Kier alpha value is -1.62. The highest BCUT2D eigenvalue weighted by molar-refractivity contribution is 5.89. The quantitative estimate of drug-likeness (QED) is 0.708. The minimum Gasteiger partial charge on any atom is -0.478 e. The number of carboxylic acid groups (broad SMARTS) is 1. The highest BCUT2D eigenvalue weighted by Gasteiger charge is 2.08. The predicted octanol–water partition coefficient (Wildman–Crippen LogP) is 2.56. The number of hydrogen-bond donors (Lipinski definition) is 2. The third-order valence-electron chi connectivity index (χ3n) is 2.71. The molecule has 5 heteroatoms. The van der Waals surface area contributed by atoms with Gasteiger partial charge in [-0.05, 0) is 31.4 Å². The van der Waals surface area contributed by atoms with Crippen LogP contribution in [0.25, 0.3) is 0 Å². The first-order valence-electron chi connectivity index (χ1n) is 6.53. The number of nitrogens with zero attached hydrogens (tertiary/aromatic N) is 1. The third kappa shape index (κ3) is 5.70. The number of hydrogen-bond acceptors (Lipinski definition) is 4. The van der Waals surface area contributed by atoms with Gasteiger partial charge in [-0.2, -0.15) is 0 Å². The molecule has 0 unspecified atom stereocenters. The summed E-state index contributed by atoms with van der Waals surface area (Å²) in [7, 11) is 0. The summed E-state index contributed by atoms with van der Waals surface area (Å²) in [5, 5.41) is 12.0. The maximum atomic E-state index is 10.8. The van der Waals surface area contributed by atoms with E-state index in [1.807, 2.05) is 0 Å². The van der Waals surface area contributed by atoms with Crippen LogP contribution in [0.3, 0.4) is 0 Å². The van der Waals surface area contributed by atoms with Crippen molar-refractivity contribution in [3.63, 3.8) is 0 Å². The summed E-state index contributed by atoms with van der Waals surface area (Å²) in [5.41, 5.74) is 0.747. The Kier molecular flexibility index (Phi) is 6.29. The van der Waals surface area contributed by atoms with Gasteiger partial charge in [-0.25, -0.2) is 9.78 Å². The largest absolute Gasteiger partial charge is 0.478 e. The highest BCUT2D eigenvalue weighted by atomic mass is 16.5. The standard InChI is InChI=1S/C14H22N2O3/c1-10(2)6-8-19-9-7-15-13-5-4-12(14(17)18)11(3)16-13/h4-5,10H,6-9H2,1-3H3,(H,15,16)(H,17,18). The second-order valence-corrected chi connectivity index (χ2v) is 4.86. The first-order valence-corrected chi connectivity index (χ1v) is 6.53. The topological polar surface area (TPSA) is 71.5 Å². The SMILES string of the molecule is Cc1nc(NCCOCCC(C)C)ccc1C(=O)O. The van der Waals surface area contributed by atoms with Gasteiger partial charge >= 0.3 is 5.97 Å². The van der Waals surface area contributed by atoms with Crippen molar-refractivity contribution in [2.24, 2.45) is 5.92 Å². The fourth-order valence-corrected chi connectivity index (χ4v) is 1.56. The molecule has 5 nitrogen and oxygen atoms in total. The number of rotatable bonds is 8. The van der Waals surface area contributed by atoms with Crippen LogP contribution in [0, 0.1) is 12.8 Å². The second-order valence-electron chi connectivity index (χ2n) is 4.86. The van der Waals surface area contributed by atoms with Gasteiger partial charge in [0.1, 0.15) is 5.82 Å². The summed E-state index contributed by atoms with van der Waals surface area (Å²) in [6.07, 6.45) is 1.06. The molecule has 1 aromatic rings. The summed E-state index contributed by atoms with van der Waals surface area (Å²) in [6, 6.07) is 3.23. The van der Waals surface area contributed by atoms with E-state index in [1.54, 1.807) is 19.1 Å². The molecular weight excluding hydrogens is 244 g/mol. The maximum absolute atomic E-state index is 10.8. The molecule has 0 aromatic carbocycles. The lowest BCUT2D eigenvalue weighted by Gasteiger charge is -2.09. The van der Waals surface area contributed by atoms with Crippen molar-refractivity contribution in [3.05, 3.63) is 23.4 Å². The van der Waals surface area contributed by atoms with E-state index in [2.05, 4.69) is 24.1 Å². The molecule has 0 bridgehead atoms. The van der Waals surface area contributed by atoms with Crippen molar-refractivity contribution in [2.45, 2.75) is 27.2 Å². The van der Waals surface area contributed by atoms with Gasteiger partial charge in [0.25, 0.3) is 0 Å². The Bertz CT molecular complexity index is 419. The summed E-state index contributed by atoms with van der Waals surface area (Å²) in [6.45, 7) is 8.07. The molecule has 0 aliphatic rings. The van der Waals surface area contributed by atoms with Gasteiger partial charge in [0.05, 0.1) is 17.9 Å². The Morgan fingerprint density at radius 2 is 2.16 bits per heavy atom. The number of carboxylic acids is 1. The summed E-state index contributed by atoms with van der Waals surface area (Å²) < 4.78 is 5.47. The van der Waals surface area contributed by atoms with Gasteiger partial charge in [0.2, 0.25) is 0 Å². The van der Waals surface area contributed by atoms with E-state index in [-0.39, 0.29) is 5.56 Å². The van der Waals surface area contributed by atoms with E-state index in [1.165, 1.54) is 0 Å². The molecule has 0 saturated carbocycles. The zero-order chi connectivity index (χ0) is 14.3. The number of nitrogens with one attached hydrogen (secondary N) is 1. The molecule has 0 spiro atoms. The van der Waals surface area contributed by atoms with Crippen LogP contribution in [0.15, 0.2) is 12.1 Å². The Morgan fingerprint density at radius 3 is 2.74 bits per heavy atom. The van der Waals surface area contributed by atoms with Crippen molar-refractivity contribution >= 4 is 11.8 Å². The van der Waals surface area contributed by atoms with Crippen LogP contribution >= 0.6 is 0 Å². The molecule has 0 saturated heterocycles. The highest BCUT2D eigenvalue weighted by Crippen LogP contribution is 2.10. The van der Waals surface area contributed by atoms with Crippen molar-refractivity contribution in [3.8, 4) is 0 Å². The fourth-order valence-electron chi connectivity index (χ4n) is 1.56. The lowest BCUT2D eigenvalue weighted by molar-refractivity contribution is 0.0695. The third-order valence-corrected chi connectivity index (χ3v) is 2.71. The van der Waals surface area contributed by atoms with Gasteiger partial charge in [0, 0.05) is 13.2 Å². The van der Waals surface area contributed by atoms with Gasteiger partial charge in [-0.1, -0.05) is 13.8 Å². The normalized spacial score (nSPS) is 10.7. The Labute approximate surface area is 114 Å². The monoisotopic (exact) mass is 266 g/mol. The van der Waals surface area contributed by atoms with E-state index in [0.29, 0.717) is 30.6 Å². The zero-order valence-electron chi connectivity index (χ0n) is 11.8. The molecule has 0 amide bonds. The lowest BCUT2D eigenvalue weighted by atomic mass is 10.1. The first kappa shape index (κ1) is 15.4. The lowest BCUT2D eigenvalue weighted by Crippen LogP contribution is -2.12. The number of aryl methyl sites for hydroxylation is 1. The van der Waals surface area contributed by atoms with E-state index in [0.717, 1.165) is 13.0 Å². The van der Waals surface area contributed by atoms with Gasteiger partial charge in [-0.15, -0.1) is 0 Å². The molecule has 1 aromatic heterocycles.